The molecule has 2 atom stereocenters. The summed E-state index contributed by atoms with van der Waals surface area (Å²) in [6.45, 7) is 4.24. The first kappa shape index (κ1) is 17.1. The molecule has 0 radical (unpaired) electrons. The summed E-state index contributed by atoms with van der Waals surface area (Å²) in [7, 11) is -0.655. The van der Waals surface area contributed by atoms with Gasteiger partial charge < -0.3 is 14.2 Å². The summed E-state index contributed by atoms with van der Waals surface area (Å²) in [6.07, 6.45) is 1.76. The Hall–Kier alpha value is -1.31. The maximum atomic E-state index is 12.6. The Morgan fingerprint density at radius 2 is 1.91 bits per heavy atom. The lowest BCUT2D eigenvalue weighted by Crippen LogP contribution is -2.40. The standard InChI is InChI=1S/C15H23NO5S/c1-10-8-13(19-3)14(20-4)9-15(10)22(17,18)16-11(2)12-6-5-7-21-12/h8-9,11-12,16H,5-7H2,1-4H3. The summed E-state index contributed by atoms with van der Waals surface area (Å²) in [4.78, 5) is 0.190. The highest BCUT2D eigenvalue weighted by molar-refractivity contribution is 7.89. The largest absolute Gasteiger partial charge is 0.493 e. The van der Waals surface area contributed by atoms with Gasteiger partial charge in [0.25, 0.3) is 0 Å². The monoisotopic (exact) mass is 329 g/mol. The van der Waals surface area contributed by atoms with Crippen LogP contribution >= 0.6 is 0 Å². The van der Waals surface area contributed by atoms with Crippen molar-refractivity contribution in [3.8, 4) is 11.5 Å². The lowest BCUT2D eigenvalue weighted by molar-refractivity contribution is 0.0902. The van der Waals surface area contributed by atoms with Crippen LogP contribution in [0.25, 0.3) is 0 Å². The molecular formula is C15H23NO5S. The molecule has 7 heteroatoms. The average Bonchev–Trinajstić information content (AvgIpc) is 3.00. The maximum absolute atomic E-state index is 12.6. The number of benzene rings is 1. The average molecular weight is 329 g/mol. The highest BCUT2D eigenvalue weighted by Crippen LogP contribution is 2.32. The van der Waals surface area contributed by atoms with E-state index in [9.17, 15) is 8.42 Å². The molecule has 0 aromatic heterocycles. The molecule has 2 rings (SSSR count). The second-order valence-corrected chi connectivity index (χ2v) is 7.12. The van der Waals surface area contributed by atoms with E-state index in [1.54, 1.807) is 13.0 Å². The van der Waals surface area contributed by atoms with Gasteiger partial charge in [0.1, 0.15) is 0 Å². The molecule has 1 aromatic rings. The number of rotatable bonds is 6. The molecule has 1 heterocycles. The molecule has 0 amide bonds. The van der Waals surface area contributed by atoms with Crippen LogP contribution in [0.15, 0.2) is 17.0 Å². The fourth-order valence-electron chi connectivity index (χ4n) is 2.63. The second-order valence-electron chi connectivity index (χ2n) is 5.43. The fourth-order valence-corrected chi connectivity index (χ4v) is 4.15. The normalized spacial score (nSPS) is 19.9. The zero-order chi connectivity index (χ0) is 16.3. The first-order valence-corrected chi connectivity index (χ1v) is 8.74. The number of aryl methyl sites for hydroxylation is 1. The Bertz CT molecular complexity index is 623. The molecule has 1 aliphatic rings. The predicted octanol–water partition coefficient (Wildman–Crippen LogP) is 1.86. The van der Waals surface area contributed by atoms with Crippen LogP contribution in [0, 0.1) is 6.92 Å². The Morgan fingerprint density at radius 1 is 1.27 bits per heavy atom. The van der Waals surface area contributed by atoms with Crippen molar-refractivity contribution < 1.29 is 22.6 Å². The lowest BCUT2D eigenvalue weighted by atomic mass is 10.1. The topological polar surface area (TPSA) is 73.9 Å². The van der Waals surface area contributed by atoms with Crippen molar-refractivity contribution >= 4 is 10.0 Å². The number of sulfonamides is 1. The fraction of sp³-hybridized carbons (Fsp3) is 0.600. The van der Waals surface area contributed by atoms with Crippen LogP contribution < -0.4 is 14.2 Å². The van der Waals surface area contributed by atoms with Crippen molar-refractivity contribution in [2.45, 2.75) is 43.7 Å². The number of ether oxygens (including phenoxy) is 3. The smallest absolute Gasteiger partial charge is 0.241 e. The summed E-state index contributed by atoms with van der Waals surface area (Å²) in [5.74, 6) is 0.893. The van der Waals surface area contributed by atoms with Crippen molar-refractivity contribution in [2.75, 3.05) is 20.8 Å². The maximum Gasteiger partial charge on any atom is 0.241 e. The predicted molar refractivity (Wildman–Crippen MR) is 83.0 cm³/mol. The molecule has 2 unspecified atom stereocenters. The number of methoxy groups -OCH3 is 2. The molecule has 6 nitrogen and oxygen atoms in total. The van der Waals surface area contributed by atoms with Gasteiger partial charge in [0.2, 0.25) is 10.0 Å². The molecule has 1 N–H and O–H groups in total. The minimum atomic E-state index is -3.65. The molecule has 1 aliphatic heterocycles. The zero-order valence-electron chi connectivity index (χ0n) is 13.4. The Labute approximate surface area is 131 Å². The van der Waals surface area contributed by atoms with Crippen LogP contribution in [-0.4, -0.2) is 41.4 Å². The van der Waals surface area contributed by atoms with Crippen molar-refractivity contribution in [1.82, 2.24) is 4.72 Å². The molecular weight excluding hydrogens is 306 g/mol. The van der Waals surface area contributed by atoms with Gasteiger partial charge in [-0.3, -0.25) is 0 Å². The molecule has 0 bridgehead atoms. The van der Waals surface area contributed by atoms with Crippen molar-refractivity contribution in [2.24, 2.45) is 0 Å². The van der Waals surface area contributed by atoms with Crippen molar-refractivity contribution in [3.05, 3.63) is 17.7 Å². The lowest BCUT2D eigenvalue weighted by Gasteiger charge is -2.21. The summed E-state index contributed by atoms with van der Waals surface area (Å²) < 4.78 is 43.9. The van der Waals surface area contributed by atoms with Crippen molar-refractivity contribution in [3.63, 3.8) is 0 Å². The van der Waals surface area contributed by atoms with Gasteiger partial charge in [-0.15, -0.1) is 0 Å². The molecule has 1 fully saturated rings. The van der Waals surface area contributed by atoms with E-state index in [-0.39, 0.29) is 17.0 Å². The SMILES string of the molecule is COc1cc(C)c(S(=O)(=O)NC(C)C2CCCO2)cc1OC. The number of hydrogen-bond donors (Lipinski definition) is 1. The third-order valence-corrected chi connectivity index (χ3v) is 5.54. The van der Waals surface area contributed by atoms with Gasteiger partial charge in [-0.1, -0.05) is 0 Å². The second kappa shape index (κ2) is 6.85. The molecule has 124 valence electrons. The molecule has 1 aromatic carbocycles. The van der Waals surface area contributed by atoms with E-state index in [0.717, 1.165) is 12.8 Å². The Morgan fingerprint density at radius 3 is 2.45 bits per heavy atom. The first-order chi connectivity index (χ1) is 10.4. The quantitative estimate of drug-likeness (QED) is 0.862. The van der Waals surface area contributed by atoms with Crippen LogP contribution in [0.5, 0.6) is 11.5 Å². The third kappa shape index (κ3) is 3.53. The third-order valence-electron chi connectivity index (χ3n) is 3.83. The van der Waals surface area contributed by atoms with E-state index >= 15 is 0 Å². The van der Waals surface area contributed by atoms with Crippen LogP contribution in [0.1, 0.15) is 25.3 Å². The highest BCUT2D eigenvalue weighted by Gasteiger charge is 2.28. The van der Waals surface area contributed by atoms with Crippen LogP contribution in [0.4, 0.5) is 0 Å². The van der Waals surface area contributed by atoms with E-state index in [1.807, 2.05) is 6.92 Å². The summed E-state index contributed by atoms with van der Waals surface area (Å²) in [5, 5.41) is 0. The zero-order valence-corrected chi connectivity index (χ0v) is 14.2. The first-order valence-electron chi connectivity index (χ1n) is 7.25. The van der Waals surface area contributed by atoms with Crippen LogP contribution in [-0.2, 0) is 14.8 Å². The van der Waals surface area contributed by atoms with E-state index < -0.39 is 10.0 Å². The molecule has 0 saturated carbocycles. The van der Waals surface area contributed by atoms with Gasteiger partial charge in [0, 0.05) is 18.7 Å². The van der Waals surface area contributed by atoms with Crippen molar-refractivity contribution in [1.29, 1.82) is 0 Å². The molecule has 22 heavy (non-hydrogen) atoms. The van der Waals surface area contributed by atoms with E-state index in [1.165, 1.54) is 20.3 Å². The summed E-state index contributed by atoms with van der Waals surface area (Å²) >= 11 is 0. The van der Waals surface area contributed by atoms with Gasteiger partial charge in [0.15, 0.2) is 11.5 Å². The molecule has 0 spiro atoms. The van der Waals surface area contributed by atoms with E-state index in [4.69, 9.17) is 14.2 Å². The van der Waals surface area contributed by atoms with Gasteiger partial charge in [-0.25, -0.2) is 13.1 Å². The molecule has 1 saturated heterocycles. The van der Waals surface area contributed by atoms with Gasteiger partial charge in [-0.2, -0.15) is 0 Å². The Balaban J connectivity index is 2.28. The van der Waals surface area contributed by atoms with Gasteiger partial charge >= 0.3 is 0 Å². The minimum absolute atomic E-state index is 0.0739. The molecule has 0 aliphatic carbocycles. The van der Waals surface area contributed by atoms with Gasteiger partial charge in [0.05, 0.1) is 25.2 Å². The van der Waals surface area contributed by atoms with E-state index in [2.05, 4.69) is 4.72 Å². The summed E-state index contributed by atoms with van der Waals surface area (Å²) in [5.41, 5.74) is 0.602. The van der Waals surface area contributed by atoms with Crippen LogP contribution in [0.2, 0.25) is 0 Å². The van der Waals surface area contributed by atoms with Crippen LogP contribution in [0.3, 0.4) is 0 Å². The highest BCUT2D eigenvalue weighted by atomic mass is 32.2. The number of hydrogen-bond acceptors (Lipinski definition) is 5. The van der Waals surface area contributed by atoms with Gasteiger partial charge in [-0.05, 0) is 38.3 Å². The number of nitrogens with one attached hydrogen (secondary N) is 1. The summed E-state index contributed by atoms with van der Waals surface area (Å²) in [6, 6.07) is 2.86. The van der Waals surface area contributed by atoms with E-state index in [0.29, 0.717) is 23.7 Å². The minimum Gasteiger partial charge on any atom is -0.493 e. The Kier molecular flexibility index (Phi) is 5.31.